The van der Waals surface area contributed by atoms with Gasteiger partial charge in [0.05, 0.1) is 63.8 Å². The van der Waals surface area contributed by atoms with Gasteiger partial charge in [0.2, 0.25) is 5.95 Å². The van der Waals surface area contributed by atoms with E-state index < -0.39 is 5.79 Å². The summed E-state index contributed by atoms with van der Waals surface area (Å²) in [6.45, 7) is 6.75. The largest absolute Gasteiger partial charge is 0.496 e. The Morgan fingerprint density at radius 1 is 1.08 bits per heavy atom. The van der Waals surface area contributed by atoms with Crippen molar-refractivity contribution >= 4 is 22.8 Å². The highest BCUT2D eigenvalue weighted by molar-refractivity contribution is 5.90. The van der Waals surface area contributed by atoms with Gasteiger partial charge in [-0.25, -0.2) is 4.98 Å². The number of hydrogen-bond acceptors (Lipinski definition) is 10. The summed E-state index contributed by atoms with van der Waals surface area (Å²) >= 11 is 0. The minimum atomic E-state index is -0.581. The van der Waals surface area contributed by atoms with Crippen molar-refractivity contribution in [1.82, 2.24) is 15.0 Å². The highest BCUT2D eigenvalue weighted by Gasteiger charge is 2.41. The zero-order chi connectivity index (χ0) is 25.4. The van der Waals surface area contributed by atoms with Crippen LogP contribution in [0, 0.1) is 0 Å². The number of fused-ring (bicyclic) bond motifs is 1. The molecule has 0 saturated carbocycles. The van der Waals surface area contributed by atoms with Crippen molar-refractivity contribution in [3.8, 4) is 17.0 Å². The molecule has 0 aliphatic carbocycles. The topological polar surface area (TPSA) is 102 Å². The van der Waals surface area contributed by atoms with Crippen molar-refractivity contribution in [3.63, 3.8) is 0 Å². The minimum Gasteiger partial charge on any atom is -0.496 e. The lowest BCUT2D eigenvalue weighted by molar-refractivity contribution is -0.161. The molecular formula is C27H33N5O5. The summed E-state index contributed by atoms with van der Waals surface area (Å²) in [5.41, 5.74) is 3.00. The van der Waals surface area contributed by atoms with Crippen LogP contribution in [0.2, 0.25) is 0 Å². The van der Waals surface area contributed by atoms with Gasteiger partial charge in [0, 0.05) is 30.6 Å². The Balaban J connectivity index is 1.45. The molecule has 3 saturated heterocycles. The van der Waals surface area contributed by atoms with E-state index >= 15 is 0 Å². The highest BCUT2D eigenvalue weighted by atomic mass is 16.7. The number of aliphatic hydroxyl groups excluding tert-OH is 1. The zero-order valence-corrected chi connectivity index (χ0v) is 21.4. The molecule has 0 bridgehead atoms. The molecule has 6 rings (SSSR count). The molecule has 3 aliphatic rings. The second-order valence-electron chi connectivity index (χ2n) is 9.85. The summed E-state index contributed by atoms with van der Waals surface area (Å²) in [6.07, 6.45) is 1.81. The fourth-order valence-corrected chi connectivity index (χ4v) is 5.50. The van der Waals surface area contributed by atoms with Crippen molar-refractivity contribution in [2.24, 2.45) is 0 Å². The number of rotatable bonds is 5. The number of nitrogens with zero attached hydrogens (tertiary/aromatic N) is 5. The Morgan fingerprint density at radius 2 is 1.95 bits per heavy atom. The van der Waals surface area contributed by atoms with Gasteiger partial charge in [0.1, 0.15) is 11.6 Å². The average Bonchev–Trinajstić information content (AvgIpc) is 3.39. The van der Waals surface area contributed by atoms with Gasteiger partial charge in [-0.3, -0.25) is 0 Å². The van der Waals surface area contributed by atoms with Gasteiger partial charge >= 0.3 is 0 Å². The quantitative estimate of drug-likeness (QED) is 0.555. The number of piperidine rings is 1. The smallest absolute Gasteiger partial charge is 0.229 e. The van der Waals surface area contributed by atoms with Crippen LogP contribution >= 0.6 is 0 Å². The van der Waals surface area contributed by atoms with Gasteiger partial charge in [-0.1, -0.05) is 0 Å². The summed E-state index contributed by atoms with van der Waals surface area (Å²) < 4.78 is 23.1. The van der Waals surface area contributed by atoms with Crippen LogP contribution in [0.4, 0.5) is 11.8 Å². The fraction of sp³-hybridized carbons (Fsp3) is 0.519. The first-order chi connectivity index (χ1) is 18.1. The third kappa shape index (κ3) is 4.59. The predicted molar refractivity (Wildman–Crippen MR) is 139 cm³/mol. The molecule has 1 atom stereocenters. The number of anilines is 2. The van der Waals surface area contributed by atoms with Crippen LogP contribution in [0.5, 0.6) is 5.75 Å². The average molecular weight is 508 g/mol. The second-order valence-corrected chi connectivity index (χ2v) is 9.85. The maximum atomic E-state index is 9.80. The Morgan fingerprint density at radius 3 is 2.73 bits per heavy atom. The lowest BCUT2D eigenvalue weighted by atomic mass is 10.0. The molecule has 10 nitrogen and oxygen atoms in total. The number of benzene rings is 1. The first-order valence-electron chi connectivity index (χ1n) is 12.9. The summed E-state index contributed by atoms with van der Waals surface area (Å²) in [5, 5.41) is 10.7. The molecule has 2 aromatic heterocycles. The van der Waals surface area contributed by atoms with Gasteiger partial charge in [0.15, 0.2) is 11.4 Å². The van der Waals surface area contributed by atoms with Crippen LogP contribution in [0.1, 0.15) is 25.3 Å². The molecular weight excluding hydrogens is 474 g/mol. The van der Waals surface area contributed by atoms with Gasteiger partial charge in [-0.15, -0.1) is 0 Å². The molecule has 5 heterocycles. The van der Waals surface area contributed by atoms with E-state index in [0.717, 1.165) is 48.4 Å². The van der Waals surface area contributed by atoms with Gasteiger partial charge in [-0.05, 0) is 43.7 Å². The molecule has 0 unspecified atom stereocenters. The molecule has 10 heteroatoms. The minimum absolute atomic E-state index is 0.114. The molecule has 1 N–H and O–H groups in total. The van der Waals surface area contributed by atoms with Crippen LogP contribution < -0.4 is 14.5 Å². The number of aliphatic hydroxyl groups is 1. The van der Waals surface area contributed by atoms with Crippen LogP contribution in [0.15, 0.2) is 30.3 Å². The van der Waals surface area contributed by atoms with E-state index in [4.69, 9.17) is 33.9 Å². The predicted octanol–water partition coefficient (Wildman–Crippen LogP) is 2.76. The van der Waals surface area contributed by atoms with Gasteiger partial charge < -0.3 is 33.9 Å². The molecule has 0 amide bonds. The molecule has 0 radical (unpaired) electrons. The third-order valence-electron chi connectivity index (χ3n) is 7.43. The Labute approximate surface area is 216 Å². The summed E-state index contributed by atoms with van der Waals surface area (Å²) in [4.78, 5) is 19.5. The highest BCUT2D eigenvalue weighted by Crippen LogP contribution is 2.35. The number of pyridine rings is 1. The van der Waals surface area contributed by atoms with Crippen molar-refractivity contribution < 1.29 is 24.1 Å². The van der Waals surface area contributed by atoms with E-state index in [1.54, 1.807) is 7.11 Å². The van der Waals surface area contributed by atoms with E-state index in [1.807, 2.05) is 30.3 Å². The third-order valence-corrected chi connectivity index (χ3v) is 7.43. The van der Waals surface area contributed by atoms with Crippen molar-refractivity contribution in [3.05, 3.63) is 35.9 Å². The molecule has 37 heavy (non-hydrogen) atoms. The summed E-state index contributed by atoms with van der Waals surface area (Å²) in [5.74, 6) is 1.57. The Bertz CT molecular complexity index is 1280. The molecule has 3 fully saturated rings. The summed E-state index contributed by atoms with van der Waals surface area (Å²) in [7, 11) is 1.60. The van der Waals surface area contributed by atoms with Crippen LogP contribution in [0.25, 0.3) is 22.3 Å². The second kappa shape index (κ2) is 10.0. The first-order valence-corrected chi connectivity index (χ1v) is 12.9. The number of aromatic nitrogens is 3. The number of hydrogen-bond donors (Lipinski definition) is 1. The van der Waals surface area contributed by atoms with Crippen LogP contribution in [-0.4, -0.2) is 85.1 Å². The number of morpholine rings is 1. The molecule has 3 aromatic rings. The standard InChI is InChI=1S/C27H33N5O5/c1-18-16-35-11-10-32(18)25-21-5-6-22(19-4-7-23(34-2)20(14-19)15-33)28-24(21)29-26(30-25)31-9-3-8-27(17-31)36-12-13-37-27/h4-7,14,18,33H,3,8-13,15-17H2,1-2H3/t18-/m0/s1. The van der Waals surface area contributed by atoms with Gasteiger partial charge in [-0.2, -0.15) is 9.97 Å². The molecule has 196 valence electrons. The van der Waals surface area contributed by atoms with Crippen molar-refractivity contribution in [1.29, 1.82) is 0 Å². The van der Waals surface area contributed by atoms with Gasteiger partial charge in [0.25, 0.3) is 0 Å². The maximum Gasteiger partial charge on any atom is 0.229 e. The zero-order valence-electron chi connectivity index (χ0n) is 21.4. The Kier molecular flexibility index (Phi) is 6.58. The van der Waals surface area contributed by atoms with E-state index in [1.165, 1.54) is 0 Å². The lowest BCUT2D eigenvalue weighted by Gasteiger charge is -2.39. The van der Waals surface area contributed by atoms with E-state index in [9.17, 15) is 5.11 Å². The van der Waals surface area contributed by atoms with E-state index in [2.05, 4.69) is 16.7 Å². The van der Waals surface area contributed by atoms with Crippen LogP contribution in [-0.2, 0) is 20.8 Å². The van der Waals surface area contributed by atoms with Crippen LogP contribution in [0.3, 0.4) is 0 Å². The lowest BCUT2D eigenvalue weighted by Crippen LogP contribution is -2.50. The number of ether oxygens (including phenoxy) is 4. The molecule has 3 aliphatic heterocycles. The monoisotopic (exact) mass is 507 g/mol. The maximum absolute atomic E-state index is 9.80. The Hall–Kier alpha value is -3.05. The van der Waals surface area contributed by atoms with Crippen molar-refractivity contribution in [2.75, 3.05) is 63.0 Å². The first kappa shape index (κ1) is 24.3. The van der Waals surface area contributed by atoms with E-state index in [0.29, 0.717) is 55.9 Å². The van der Waals surface area contributed by atoms with E-state index in [-0.39, 0.29) is 12.6 Å². The normalized spacial score (nSPS) is 21.6. The van der Waals surface area contributed by atoms with Crippen molar-refractivity contribution in [2.45, 2.75) is 38.2 Å². The SMILES string of the molecule is COc1ccc(-c2ccc3c(N4CCOC[C@@H]4C)nc(N4CCCC5(C4)OCCO5)nc3n2)cc1CO. The molecule has 1 aromatic carbocycles. The fourth-order valence-electron chi connectivity index (χ4n) is 5.50. The molecule has 1 spiro atoms. The summed E-state index contributed by atoms with van der Waals surface area (Å²) in [6, 6.07) is 9.92. The number of methoxy groups -OCH3 is 1.